The molecule has 23 heavy (non-hydrogen) atoms. The lowest BCUT2D eigenvalue weighted by Gasteiger charge is -2.14. The Morgan fingerprint density at radius 3 is 1.74 bits per heavy atom. The summed E-state index contributed by atoms with van der Waals surface area (Å²) < 4.78 is 0. The zero-order chi connectivity index (χ0) is 15.9. The van der Waals surface area contributed by atoms with Gasteiger partial charge in [-0.1, -0.05) is 67.9 Å². The first-order valence-electron chi connectivity index (χ1n) is 8.46. The van der Waals surface area contributed by atoms with Crippen molar-refractivity contribution >= 4 is 23.8 Å². The highest BCUT2D eigenvalue weighted by Gasteiger charge is 2.27. The SMILES string of the molecule is CCCCc1ccccc1[PH+](c1ccccc1)c1ccccc1. The number of rotatable bonds is 6. The van der Waals surface area contributed by atoms with Gasteiger partial charge in [0, 0.05) is 0 Å². The van der Waals surface area contributed by atoms with Crippen LogP contribution in [0.5, 0.6) is 0 Å². The first-order valence-corrected chi connectivity index (χ1v) is 9.96. The number of aryl methyl sites for hydroxylation is 1. The summed E-state index contributed by atoms with van der Waals surface area (Å²) in [6.07, 6.45) is 3.68. The van der Waals surface area contributed by atoms with Crippen molar-refractivity contribution in [3.05, 3.63) is 90.5 Å². The molecule has 0 heterocycles. The molecule has 0 N–H and O–H groups in total. The Balaban J connectivity index is 2.10. The predicted octanol–water partition coefficient (Wildman–Crippen LogP) is 4.52. The number of unbranched alkanes of at least 4 members (excludes halogenated alkanes) is 1. The molecule has 3 aromatic rings. The third-order valence-corrected chi connectivity index (χ3v) is 7.06. The molecule has 0 aliphatic rings. The molecule has 3 rings (SSSR count). The van der Waals surface area contributed by atoms with E-state index in [2.05, 4.69) is 91.9 Å². The Hall–Kier alpha value is -1.91. The maximum Gasteiger partial charge on any atom is 0.105 e. The first kappa shape index (κ1) is 16.0. The van der Waals surface area contributed by atoms with Crippen molar-refractivity contribution in [1.29, 1.82) is 0 Å². The van der Waals surface area contributed by atoms with Crippen LogP contribution < -0.4 is 15.9 Å². The maximum absolute atomic E-state index is 2.35. The van der Waals surface area contributed by atoms with Crippen molar-refractivity contribution < 1.29 is 0 Å². The minimum absolute atomic E-state index is 0.937. The summed E-state index contributed by atoms with van der Waals surface area (Å²) in [5.74, 6) is 0. The van der Waals surface area contributed by atoms with Crippen LogP contribution in [-0.4, -0.2) is 0 Å². The quantitative estimate of drug-likeness (QED) is 0.586. The third kappa shape index (κ3) is 3.89. The minimum Gasteiger partial charge on any atom is -0.0654 e. The highest BCUT2D eigenvalue weighted by atomic mass is 31.1. The second-order valence-corrected chi connectivity index (χ2v) is 8.31. The second-order valence-electron chi connectivity index (χ2n) is 5.87. The van der Waals surface area contributed by atoms with Crippen molar-refractivity contribution in [3.63, 3.8) is 0 Å². The molecule has 0 atom stereocenters. The van der Waals surface area contributed by atoms with Gasteiger partial charge in [-0.25, -0.2) is 0 Å². The van der Waals surface area contributed by atoms with Crippen molar-refractivity contribution in [2.75, 3.05) is 0 Å². The van der Waals surface area contributed by atoms with Gasteiger partial charge in [-0.15, -0.1) is 0 Å². The van der Waals surface area contributed by atoms with E-state index in [-0.39, 0.29) is 0 Å². The van der Waals surface area contributed by atoms with Gasteiger partial charge in [-0.05, 0) is 48.7 Å². The molecule has 0 saturated carbocycles. The Morgan fingerprint density at radius 1 is 0.652 bits per heavy atom. The molecule has 0 nitrogen and oxygen atoms in total. The molecule has 0 fully saturated rings. The fourth-order valence-corrected chi connectivity index (χ4v) is 5.84. The molecule has 0 unspecified atom stereocenters. The molecule has 1 heteroatoms. The molecule has 0 amide bonds. The van der Waals surface area contributed by atoms with E-state index >= 15 is 0 Å². The fourth-order valence-electron chi connectivity index (χ4n) is 3.04. The molecule has 0 aliphatic heterocycles. The summed E-state index contributed by atoms with van der Waals surface area (Å²) in [7, 11) is -0.937. The average Bonchev–Trinajstić information content (AvgIpc) is 2.63. The third-order valence-electron chi connectivity index (χ3n) is 4.21. The van der Waals surface area contributed by atoms with Crippen LogP contribution in [0, 0.1) is 0 Å². The summed E-state index contributed by atoms with van der Waals surface area (Å²) in [4.78, 5) is 0. The summed E-state index contributed by atoms with van der Waals surface area (Å²) in [5, 5.41) is 4.48. The summed E-state index contributed by atoms with van der Waals surface area (Å²) in [6, 6.07) is 31.1. The number of hydrogen-bond donors (Lipinski definition) is 0. The van der Waals surface area contributed by atoms with E-state index < -0.39 is 7.92 Å². The molecule has 0 spiro atoms. The van der Waals surface area contributed by atoms with Crippen LogP contribution in [0.2, 0.25) is 0 Å². The molecule has 0 bridgehead atoms. The molecule has 0 aliphatic carbocycles. The molecule has 0 aromatic heterocycles. The lowest BCUT2D eigenvalue weighted by atomic mass is 10.1. The van der Waals surface area contributed by atoms with Gasteiger partial charge in [-0.2, -0.15) is 0 Å². The lowest BCUT2D eigenvalue weighted by molar-refractivity contribution is 0.798. The summed E-state index contributed by atoms with van der Waals surface area (Å²) in [5.41, 5.74) is 1.52. The Labute approximate surface area is 141 Å². The van der Waals surface area contributed by atoms with Gasteiger partial charge in [0.25, 0.3) is 0 Å². The Kier molecular flexibility index (Phi) is 5.61. The molecule has 0 saturated heterocycles. The standard InChI is InChI=1S/C22H23P/c1-2-3-12-19-13-10-11-18-22(19)23(20-14-6-4-7-15-20)21-16-8-5-9-17-21/h4-11,13-18H,2-3,12H2,1H3/p+1. The van der Waals surface area contributed by atoms with Gasteiger partial charge < -0.3 is 0 Å². The fraction of sp³-hybridized carbons (Fsp3) is 0.182. The van der Waals surface area contributed by atoms with E-state index in [1.165, 1.54) is 35.4 Å². The van der Waals surface area contributed by atoms with E-state index in [0.717, 1.165) is 0 Å². The Bertz CT molecular complexity index is 680. The Morgan fingerprint density at radius 2 is 1.17 bits per heavy atom. The van der Waals surface area contributed by atoms with E-state index in [1.807, 2.05) is 0 Å². The highest BCUT2D eigenvalue weighted by molar-refractivity contribution is 7.79. The van der Waals surface area contributed by atoms with Crippen LogP contribution in [0.15, 0.2) is 84.9 Å². The van der Waals surface area contributed by atoms with Crippen LogP contribution in [0.25, 0.3) is 0 Å². The van der Waals surface area contributed by atoms with Gasteiger partial charge >= 0.3 is 0 Å². The van der Waals surface area contributed by atoms with E-state index in [9.17, 15) is 0 Å². The van der Waals surface area contributed by atoms with Gasteiger partial charge in [-0.3, -0.25) is 0 Å². The first-order chi connectivity index (χ1) is 11.4. The summed E-state index contributed by atoms with van der Waals surface area (Å²) in [6.45, 7) is 2.27. The largest absolute Gasteiger partial charge is 0.105 e. The zero-order valence-corrected chi connectivity index (χ0v) is 14.7. The number of benzene rings is 3. The smallest absolute Gasteiger partial charge is 0.0654 e. The number of hydrogen-bond acceptors (Lipinski definition) is 0. The molecule has 116 valence electrons. The van der Waals surface area contributed by atoms with Crippen molar-refractivity contribution in [2.24, 2.45) is 0 Å². The van der Waals surface area contributed by atoms with Crippen LogP contribution in [0.3, 0.4) is 0 Å². The zero-order valence-electron chi connectivity index (χ0n) is 13.7. The van der Waals surface area contributed by atoms with Crippen LogP contribution >= 0.6 is 7.92 Å². The molecular weight excluding hydrogens is 295 g/mol. The molecule has 3 aromatic carbocycles. The topological polar surface area (TPSA) is 0 Å². The normalized spacial score (nSPS) is 10.9. The van der Waals surface area contributed by atoms with Gasteiger partial charge in [0.05, 0.1) is 7.92 Å². The van der Waals surface area contributed by atoms with E-state index in [1.54, 1.807) is 5.30 Å². The van der Waals surface area contributed by atoms with E-state index in [4.69, 9.17) is 0 Å². The summed E-state index contributed by atoms with van der Waals surface area (Å²) >= 11 is 0. The highest BCUT2D eigenvalue weighted by Crippen LogP contribution is 2.34. The predicted molar refractivity (Wildman–Crippen MR) is 105 cm³/mol. The monoisotopic (exact) mass is 319 g/mol. The van der Waals surface area contributed by atoms with Gasteiger partial charge in [0.1, 0.15) is 15.9 Å². The van der Waals surface area contributed by atoms with Crippen molar-refractivity contribution in [1.82, 2.24) is 0 Å². The van der Waals surface area contributed by atoms with Gasteiger partial charge in [0.2, 0.25) is 0 Å². The lowest BCUT2D eigenvalue weighted by Crippen LogP contribution is -2.23. The van der Waals surface area contributed by atoms with Crippen molar-refractivity contribution in [2.45, 2.75) is 26.2 Å². The second kappa shape index (κ2) is 8.09. The van der Waals surface area contributed by atoms with Crippen LogP contribution in [0.1, 0.15) is 25.3 Å². The van der Waals surface area contributed by atoms with Crippen LogP contribution in [-0.2, 0) is 6.42 Å². The molecular formula is C22H24P+. The molecule has 0 radical (unpaired) electrons. The van der Waals surface area contributed by atoms with Crippen molar-refractivity contribution in [3.8, 4) is 0 Å². The maximum atomic E-state index is 2.35. The van der Waals surface area contributed by atoms with Gasteiger partial charge in [0.15, 0.2) is 0 Å². The van der Waals surface area contributed by atoms with Crippen LogP contribution in [0.4, 0.5) is 0 Å². The minimum atomic E-state index is -0.937. The average molecular weight is 319 g/mol. The van der Waals surface area contributed by atoms with E-state index in [0.29, 0.717) is 0 Å².